The number of methoxy groups -OCH3 is 2. The number of benzene rings is 2. The highest BCUT2D eigenvalue weighted by molar-refractivity contribution is 7.09. The van der Waals surface area contributed by atoms with Crippen LogP contribution in [-0.4, -0.2) is 60.6 Å². The Balaban J connectivity index is 1.38. The van der Waals surface area contributed by atoms with Gasteiger partial charge in [0.25, 0.3) is 5.91 Å². The van der Waals surface area contributed by atoms with E-state index in [1.165, 1.54) is 17.1 Å². The number of amides is 1. The van der Waals surface area contributed by atoms with E-state index in [0.717, 1.165) is 30.5 Å². The van der Waals surface area contributed by atoms with Crippen molar-refractivity contribution < 1.29 is 14.3 Å². The number of hydrogen-bond donors (Lipinski definition) is 0. The molecule has 1 saturated heterocycles. The van der Waals surface area contributed by atoms with Gasteiger partial charge in [-0.25, -0.2) is 4.98 Å². The Labute approximate surface area is 180 Å². The topological polar surface area (TPSA) is 67.8 Å². The first kappa shape index (κ1) is 20.2. The fraction of sp³-hybridized carbons (Fsp3) is 0.318. The molecule has 4 rings (SSSR count). The lowest BCUT2D eigenvalue weighted by Crippen LogP contribution is -2.48. The Bertz CT molecular complexity index is 1000. The van der Waals surface area contributed by atoms with Crippen LogP contribution in [0.15, 0.2) is 48.5 Å². The van der Waals surface area contributed by atoms with Crippen molar-refractivity contribution >= 4 is 22.6 Å². The number of anilines is 1. The summed E-state index contributed by atoms with van der Waals surface area (Å²) in [5.41, 5.74) is 1.75. The van der Waals surface area contributed by atoms with Gasteiger partial charge in [-0.2, -0.15) is 4.37 Å². The van der Waals surface area contributed by atoms with Crippen LogP contribution in [0.25, 0.3) is 0 Å². The lowest BCUT2D eigenvalue weighted by atomic mass is 10.1. The van der Waals surface area contributed by atoms with Crippen LogP contribution in [0.3, 0.4) is 0 Å². The second-order valence-corrected chi connectivity index (χ2v) is 7.73. The molecule has 1 fully saturated rings. The molecule has 0 saturated carbocycles. The van der Waals surface area contributed by atoms with Gasteiger partial charge in [0.1, 0.15) is 17.3 Å². The van der Waals surface area contributed by atoms with Crippen molar-refractivity contribution in [3.05, 3.63) is 65.5 Å². The van der Waals surface area contributed by atoms with Crippen LogP contribution in [0.1, 0.15) is 21.7 Å². The third-order valence-corrected chi connectivity index (χ3v) is 5.95. The molecular formula is C22H24N4O3S. The fourth-order valence-electron chi connectivity index (χ4n) is 3.47. The van der Waals surface area contributed by atoms with E-state index in [1.54, 1.807) is 32.4 Å². The van der Waals surface area contributed by atoms with E-state index in [-0.39, 0.29) is 5.91 Å². The molecule has 8 heteroatoms. The maximum absolute atomic E-state index is 13.0. The molecular weight excluding hydrogens is 400 g/mol. The van der Waals surface area contributed by atoms with Gasteiger partial charge in [0.2, 0.25) is 5.13 Å². The molecule has 0 radical (unpaired) electrons. The predicted molar refractivity (Wildman–Crippen MR) is 117 cm³/mol. The molecule has 0 N–H and O–H groups in total. The zero-order valence-corrected chi connectivity index (χ0v) is 17.9. The molecule has 30 heavy (non-hydrogen) atoms. The molecule has 0 bridgehead atoms. The number of carbonyl (C=O) groups excluding carboxylic acids is 1. The second kappa shape index (κ2) is 9.13. The molecule has 2 aromatic carbocycles. The molecule has 0 atom stereocenters. The van der Waals surface area contributed by atoms with Gasteiger partial charge < -0.3 is 19.3 Å². The molecule has 7 nitrogen and oxygen atoms in total. The monoisotopic (exact) mass is 424 g/mol. The zero-order chi connectivity index (χ0) is 20.9. The average Bonchev–Trinajstić information content (AvgIpc) is 3.27. The summed E-state index contributed by atoms with van der Waals surface area (Å²) in [6.07, 6.45) is 0.729. The summed E-state index contributed by atoms with van der Waals surface area (Å²) in [5, 5.41) is 0.912. The maximum atomic E-state index is 13.0. The maximum Gasteiger partial charge on any atom is 0.257 e. The lowest BCUT2D eigenvalue weighted by Gasteiger charge is -2.34. The Kier molecular flexibility index (Phi) is 6.13. The predicted octanol–water partition coefficient (Wildman–Crippen LogP) is 3.11. The summed E-state index contributed by atoms with van der Waals surface area (Å²) >= 11 is 1.42. The lowest BCUT2D eigenvalue weighted by molar-refractivity contribution is 0.0743. The minimum Gasteiger partial charge on any atom is -0.497 e. The van der Waals surface area contributed by atoms with Crippen molar-refractivity contribution in [3.8, 4) is 11.5 Å². The highest BCUT2D eigenvalue weighted by atomic mass is 32.1. The minimum atomic E-state index is -0.0313. The smallest absolute Gasteiger partial charge is 0.257 e. The molecule has 1 amide bonds. The van der Waals surface area contributed by atoms with Gasteiger partial charge >= 0.3 is 0 Å². The molecule has 0 unspecified atom stereocenters. The van der Waals surface area contributed by atoms with Gasteiger partial charge in [-0.05, 0) is 17.7 Å². The van der Waals surface area contributed by atoms with Crippen LogP contribution in [0.5, 0.6) is 11.5 Å². The fourth-order valence-corrected chi connectivity index (χ4v) is 4.21. The van der Waals surface area contributed by atoms with Crippen LogP contribution < -0.4 is 14.4 Å². The van der Waals surface area contributed by atoms with E-state index in [1.807, 2.05) is 23.1 Å². The number of piperazine rings is 1. The SMILES string of the molecule is COc1ccc(C(=O)N2CCN(c3nc(Cc4ccccc4)ns3)CC2)c(OC)c1. The Morgan fingerprint density at radius 2 is 1.80 bits per heavy atom. The zero-order valence-electron chi connectivity index (χ0n) is 17.1. The van der Waals surface area contributed by atoms with Crippen LogP contribution in [-0.2, 0) is 6.42 Å². The van der Waals surface area contributed by atoms with Gasteiger partial charge in [-0.15, -0.1) is 0 Å². The Hall–Kier alpha value is -3.13. The molecule has 3 aromatic rings. The van der Waals surface area contributed by atoms with E-state index in [9.17, 15) is 4.79 Å². The van der Waals surface area contributed by atoms with Gasteiger partial charge in [-0.1, -0.05) is 30.3 Å². The summed E-state index contributed by atoms with van der Waals surface area (Å²) in [6.45, 7) is 2.71. The summed E-state index contributed by atoms with van der Waals surface area (Å²) in [4.78, 5) is 21.7. The van der Waals surface area contributed by atoms with Crippen molar-refractivity contribution in [2.75, 3.05) is 45.3 Å². The first-order valence-corrected chi connectivity index (χ1v) is 10.6. The van der Waals surface area contributed by atoms with Crippen LogP contribution in [0, 0.1) is 0 Å². The molecule has 0 aliphatic carbocycles. The third-order valence-electron chi connectivity index (χ3n) is 5.14. The van der Waals surface area contributed by atoms with E-state index >= 15 is 0 Å². The average molecular weight is 425 g/mol. The van der Waals surface area contributed by atoms with Crippen LogP contribution >= 0.6 is 11.5 Å². The molecule has 156 valence electrons. The van der Waals surface area contributed by atoms with Gasteiger partial charge in [0.15, 0.2) is 0 Å². The largest absolute Gasteiger partial charge is 0.497 e. The van der Waals surface area contributed by atoms with Crippen molar-refractivity contribution in [1.29, 1.82) is 0 Å². The summed E-state index contributed by atoms with van der Waals surface area (Å²) < 4.78 is 15.1. The van der Waals surface area contributed by atoms with Crippen molar-refractivity contribution in [1.82, 2.24) is 14.3 Å². The molecule has 2 heterocycles. The number of nitrogens with zero attached hydrogens (tertiary/aromatic N) is 4. The highest BCUT2D eigenvalue weighted by Crippen LogP contribution is 2.27. The van der Waals surface area contributed by atoms with Crippen LogP contribution in [0.2, 0.25) is 0 Å². The Morgan fingerprint density at radius 3 is 2.50 bits per heavy atom. The normalized spacial score (nSPS) is 13.9. The summed E-state index contributed by atoms with van der Waals surface area (Å²) in [7, 11) is 3.15. The van der Waals surface area contributed by atoms with E-state index in [4.69, 9.17) is 14.5 Å². The van der Waals surface area contributed by atoms with E-state index in [0.29, 0.717) is 30.2 Å². The number of hydrogen-bond acceptors (Lipinski definition) is 7. The number of rotatable bonds is 6. The van der Waals surface area contributed by atoms with E-state index in [2.05, 4.69) is 21.4 Å². The highest BCUT2D eigenvalue weighted by Gasteiger charge is 2.26. The minimum absolute atomic E-state index is 0.0313. The summed E-state index contributed by atoms with van der Waals surface area (Å²) in [6, 6.07) is 15.5. The summed E-state index contributed by atoms with van der Waals surface area (Å²) in [5.74, 6) is 1.99. The number of carbonyl (C=O) groups is 1. The number of aromatic nitrogens is 2. The third kappa shape index (κ3) is 4.38. The van der Waals surface area contributed by atoms with Gasteiger partial charge in [0.05, 0.1) is 19.8 Å². The van der Waals surface area contributed by atoms with Crippen molar-refractivity contribution in [2.45, 2.75) is 6.42 Å². The van der Waals surface area contributed by atoms with E-state index < -0.39 is 0 Å². The van der Waals surface area contributed by atoms with Gasteiger partial charge in [-0.3, -0.25) is 4.79 Å². The standard InChI is InChI=1S/C22H24N4O3S/c1-28-17-8-9-18(19(15-17)29-2)21(27)25-10-12-26(13-11-25)22-23-20(24-30-22)14-16-6-4-3-5-7-16/h3-9,15H,10-14H2,1-2H3. The van der Waals surface area contributed by atoms with Crippen LogP contribution in [0.4, 0.5) is 5.13 Å². The molecule has 0 spiro atoms. The molecule has 1 aromatic heterocycles. The first-order chi connectivity index (χ1) is 14.7. The second-order valence-electron chi connectivity index (χ2n) is 7.00. The van der Waals surface area contributed by atoms with Gasteiger partial charge in [0, 0.05) is 50.2 Å². The molecule has 1 aliphatic heterocycles. The van der Waals surface area contributed by atoms with Crippen molar-refractivity contribution in [3.63, 3.8) is 0 Å². The van der Waals surface area contributed by atoms with Crippen molar-refractivity contribution in [2.24, 2.45) is 0 Å². The Morgan fingerprint density at radius 1 is 1.03 bits per heavy atom. The quantitative estimate of drug-likeness (QED) is 0.606. The first-order valence-electron chi connectivity index (χ1n) is 9.80. The number of ether oxygens (including phenoxy) is 2. The molecule has 1 aliphatic rings.